The van der Waals surface area contributed by atoms with E-state index in [1.54, 1.807) is 19.7 Å². The molecular formula is C11H21N3O2S. The van der Waals surface area contributed by atoms with Crippen LogP contribution >= 0.6 is 0 Å². The molecule has 2 unspecified atom stereocenters. The number of aromatic nitrogens is 2. The van der Waals surface area contributed by atoms with E-state index < -0.39 is 10.8 Å². The van der Waals surface area contributed by atoms with Crippen molar-refractivity contribution < 1.29 is 8.95 Å². The van der Waals surface area contributed by atoms with Gasteiger partial charge in [-0.05, 0) is 6.92 Å². The Morgan fingerprint density at radius 1 is 1.65 bits per heavy atom. The summed E-state index contributed by atoms with van der Waals surface area (Å²) in [5.41, 5.74) is 1.11. The molecule has 1 aromatic heterocycles. The Bertz CT molecular complexity index is 354. The standard InChI is InChI=1S/C11H21N3O2S/c1-10(17(3)15)8-14-9-13-7-11(14)6-12-4-5-16-2/h7,9-10,12H,4-6,8H2,1-3H3. The Labute approximate surface area is 105 Å². The normalized spacial score (nSPS) is 14.8. The van der Waals surface area contributed by atoms with Crippen molar-refractivity contribution in [2.45, 2.75) is 25.3 Å². The van der Waals surface area contributed by atoms with E-state index in [2.05, 4.69) is 10.3 Å². The summed E-state index contributed by atoms with van der Waals surface area (Å²) >= 11 is 0. The van der Waals surface area contributed by atoms with Crippen molar-refractivity contribution in [2.24, 2.45) is 0 Å². The first kappa shape index (κ1) is 14.3. The van der Waals surface area contributed by atoms with Crippen molar-refractivity contribution in [3.63, 3.8) is 0 Å². The molecule has 1 N–H and O–H groups in total. The number of hydrogen-bond donors (Lipinski definition) is 1. The van der Waals surface area contributed by atoms with Crippen molar-refractivity contribution in [1.82, 2.24) is 14.9 Å². The molecule has 1 heterocycles. The second kappa shape index (κ2) is 7.58. The largest absolute Gasteiger partial charge is 0.383 e. The molecule has 1 rings (SSSR count). The van der Waals surface area contributed by atoms with E-state index in [4.69, 9.17) is 4.74 Å². The van der Waals surface area contributed by atoms with Gasteiger partial charge in [0.05, 0.1) is 18.6 Å². The maximum Gasteiger partial charge on any atom is 0.0948 e. The molecule has 0 aliphatic heterocycles. The molecule has 0 saturated carbocycles. The monoisotopic (exact) mass is 259 g/mol. The molecule has 0 aliphatic carbocycles. The van der Waals surface area contributed by atoms with Gasteiger partial charge in [0.1, 0.15) is 0 Å². The quantitative estimate of drug-likeness (QED) is 0.686. The van der Waals surface area contributed by atoms with Gasteiger partial charge in [-0.15, -0.1) is 0 Å². The van der Waals surface area contributed by atoms with E-state index in [0.717, 1.165) is 25.3 Å². The van der Waals surface area contributed by atoms with Crippen molar-refractivity contribution in [2.75, 3.05) is 26.5 Å². The van der Waals surface area contributed by atoms with Gasteiger partial charge in [-0.3, -0.25) is 4.21 Å². The van der Waals surface area contributed by atoms with Crippen molar-refractivity contribution in [3.8, 4) is 0 Å². The number of nitrogens with zero attached hydrogens (tertiary/aromatic N) is 2. The smallest absolute Gasteiger partial charge is 0.0948 e. The Hall–Kier alpha value is -0.720. The predicted octanol–water partition coefficient (Wildman–Crippen LogP) is 0.386. The van der Waals surface area contributed by atoms with E-state index in [1.165, 1.54) is 0 Å². The molecule has 0 aliphatic rings. The average Bonchev–Trinajstić information content (AvgIpc) is 2.72. The Balaban J connectivity index is 2.45. The molecule has 5 nitrogen and oxygen atoms in total. The third kappa shape index (κ3) is 4.97. The summed E-state index contributed by atoms with van der Waals surface area (Å²) in [6, 6.07) is 0. The lowest BCUT2D eigenvalue weighted by Crippen LogP contribution is -2.23. The minimum atomic E-state index is -0.801. The van der Waals surface area contributed by atoms with Crippen molar-refractivity contribution in [1.29, 1.82) is 0 Å². The topological polar surface area (TPSA) is 56.1 Å². The lowest BCUT2D eigenvalue weighted by molar-refractivity contribution is 0.199. The van der Waals surface area contributed by atoms with Crippen LogP contribution in [0.2, 0.25) is 0 Å². The van der Waals surface area contributed by atoms with Crippen LogP contribution in [0.1, 0.15) is 12.6 Å². The zero-order valence-electron chi connectivity index (χ0n) is 10.7. The lowest BCUT2D eigenvalue weighted by atomic mass is 10.4. The zero-order valence-corrected chi connectivity index (χ0v) is 11.5. The number of rotatable bonds is 8. The molecule has 17 heavy (non-hydrogen) atoms. The van der Waals surface area contributed by atoms with Crippen LogP contribution in [0.25, 0.3) is 0 Å². The molecule has 1 aromatic rings. The molecule has 0 fully saturated rings. The average molecular weight is 259 g/mol. The fourth-order valence-electron chi connectivity index (χ4n) is 1.43. The van der Waals surface area contributed by atoms with Crippen LogP contribution in [0.4, 0.5) is 0 Å². The van der Waals surface area contributed by atoms with Gasteiger partial charge in [0, 0.05) is 55.2 Å². The predicted molar refractivity (Wildman–Crippen MR) is 69.3 cm³/mol. The molecule has 0 radical (unpaired) electrons. The highest BCUT2D eigenvalue weighted by molar-refractivity contribution is 7.84. The molecule has 98 valence electrons. The van der Waals surface area contributed by atoms with Gasteiger partial charge in [-0.2, -0.15) is 0 Å². The molecule has 0 spiro atoms. The van der Waals surface area contributed by atoms with Crippen molar-refractivity contribution >= 4 is 10.8 Å². The number of hydrogen-bond acceptors (Lipinski definition) is 4. The lowest BCUT2D eigenvalue weighted by Gasteiger charge is -2.12. The molecule has 0 bridgehead atoms. The molecule has 2 atom stereocenters. The van der Waals surface area contributed by atoms with Gasteiger partial charge < -0.3 is 14.6 Å². The van der Waals surface area contributed by atoms with Crippen LogP contribution in [0.15, 0.2) is 12.5 Å². The third-order valence-electron chi connectivity index (χ3n) is 2.61. The molecule has 0 saturated heterocycles. The number of imidazole rings is 1. The summed E-state index contributed by atoms with van der Waals surface area (Å²) in [4.78, 5) is 4.13. The van der Waals surface area contributed by atoms with E-state index in [1.807, 2.05) is 17.7 Å². The highest BCUT2D eigenvalue weighted by Crippen LogP contribution is 2.04. The van der Waals surface area contributed by atoms with E-state index in [-0.39, 0.29) is 5.25 Å². The summed E-state index contributed by atoms with van der Waals surface area (Å²) in [6.07, 6.45) is 5.36. The minimum Gasteiger partial charge on any atom is -0.383 e. The first-order chi connectivity index (χ1) is 8.15. The van der Waals surface area contributed by atoms with Gasteiger partial charge >= 0.3 is 0 Å². The van der Waals surface area contributed by atoms with Gasteiger partial charge in [-0.1, -0.05) is 0 Å². The van der Waals surface area contributed by atoms with Gasteiger partial charge in [-0.25, -0.2) is 4.98 Å². The van der Waals surface area contributed by atoms with Gasteiger partial charge in [0.2, 0.25) is 0 Å². The minimum absolute atomic E-state index is 0.141. The Morgan fingerprint density at radius 2 is 2.41 bits per heavy atom. The molecule has 6 heteroatoms. The van der Waals surface area contributed by atoms with Crippen LogP contribution < -0.4 is 5.32 Å². The first-order valence-corrected chi connectivity index (χ1v) is 7.28. The van der Waals surface area contributed by atoms with E-state index >= 15 is 0 Å². The van der Waals surface area contributed by atoms with Crippen molar-refractivity contribution in [3.05, 3.63) is 18.2 Å². The third-order valence-corrected chi connectivity index (χ3v) is 3.89. The highest BCUT2D eigenvalue weighted by Gasteiger charge is 2.09. The molecular weight excluding hydrogens is 238 g/mol. The second-order valence-corrected chi connectivity index (χ2v) is 5.82. The van der Waals surface area contributed by atoms with E-state index in [9.17, 15) is 4.21 Å². The van der Waals surface area contributed by atoms with Crippen LogP contribution in [0.3, 0.4) is 0 Å². The maximum atomic E-state index is 11.3. The Morgan fingerprint density at radius 3 is 3.06 bits per heavy atom. The fourth-order valence-corrected chi connectivity index (χ4v) is 1.80. The summed E-state index contributed by atoms with van der Waals surface area (Å²) in [5, 5.41) is 3.41. The Kier molecular flexibility index (Phi) is 6.39. The molecule has 0 amide bonds. The van der Waals surface area contributed by atoms with Gasteiger partial charge in [0.25, 0.3) is 0 Å². The second-order valence-electron chi connectivity index (χ2n) is 4.02. The number of nitrogens with one attached hydrogen (secondary N) is 1. The maximum absolute atomic E-state index is 11.3. The highest BCUT2D eigenvalue weighted by atomic mass is 32.2. The number of methoxy groups -OCH3 is 1. The van der Waals surface area contributed by atoms with Crippen LogP contribution in [-0.4, -0.2) is 45.5 Å². The fraction of sp³-hybridized carbons (Fsp3) is 0.727. The number of ether oxygens (including phenoxy) is 1. The summed E-state index contributed by atoms with van der Waals surface area (Å²) in [7, 11) is 0.884. The van der Waals surface area contributed by atoms with Gasteiger partial charge in [0.15, 0.2) is 0 Å². The van der Waals surface area contributed by atoms with Crippen LogP contribution in [-0.2, 0) is 28.6 Å². The van der Waals surface area contributed by atoms with Crippen LogP contribution in [0.5, 0.6) is 0 Å². The SMILES string of the molecule is COCCNCc1cncn1CC(C)S(C)=O. The van der Waals surface area contributed by atoms with Crippen LogP contribution in [0, 0.1) is 0 Å². The molecule has 0 aromatic carbocycles. The zero-order chi connectivity index (χ0) is 12.7. The summed E-state index contributed by atoms with van der Waals surface area (Å²) < 4.78 is 18.3. The first-order valence-electron chi connectivity index (χ1n) is 5.66. The summed E-state index contributed by atoms with van der Waals surface area (Å²) in [6.45, 7) is 5.00. The summed E-state index contributed by atoms with van der Waals surface area (Å²) in [5.74, 6) is 0. The van der Waals surface area contributed by atoms with E-state index in [0.29, 0.717) is 6.61 Å².